The molecule has 3 nitrogen and oxygen atoms in total. The first-order valence-electron chi connectivity index (χ1n) is 4.53. The predicted octanol–water partition coefficient (Wildman–Crippen LogP) is 2.59. The van der Waals surface area contributed by atoms with E-state index in [1.54, 1.807) is 0 Å². The van der Waals surface area contributed by atoms with E-state index < -0.39 is 23.6 Å². The summed E-state index contributed by atoms with van der Waals surface area (Å²) in [5.41, 5.74) is 5.57. The topological polar surface area (TPSA) is 63.3 Å². The highest BCUT2D eigenvalue weighted by Crippen LogP contribution is 2.26. The fraction of sp³-hybridized carbons (Fsp3) is 0.300. The van der Waals surface area contributed by atoms with Crippen LogP contribution in [0.15, 0.2) is 16.6 Å². The van der Waals surface area contributed by atoms with Gasteiger partial charge in [0.1, 0.15) is 11.6 Å². The summed E-state index contributed by atoms with van der Waals surface area (Å²) in [5.74, 6) is -2.29. The van der Waals surface area contributed by atoms with Gasteiger partial charge in [-0.1, -0.05) is 0 Å². The van der Waals surface area contributed by atoms with Gasteiger partial charge in [-0.15, -0.1) is 0 Å². The number of rotatable bonds is 4. The van der Waals surface area contributed by atoms with Crippen molar-refractivity contribution >= 4 is 21.9 Å². The van der Waals surface area contributed by atoms with E-state index in [0.717, 1.165) is 12.1 Å². The van der Waals surface area contributed by atoms with Crippen molar-refractivity contribution in [2.24, 2.45) is 5.73 Å². The predicted molar refractivity (Wildman–Crippen MR) is 57.9 cm³/mol. The number of hydrogen-bond acceptors (Lipinski definition) is 2. The average Bonchev–Trinajstić information content (AvgIpc) is 2.19. The first kappa shape index (κ1) is 13.1. The lowest BCUT2D eigenvalue weighted by Crippen LogP contribution is -2.14. The molecule has 0 saturated carbocycles. The van der Waals surface area contributed by atoms with Gasteiger partial charge in [0.2, 0.25) is 0 Å². The summed E-state index contributed by atoms with van der Waals surface area (Å²) in [7, 11) is 0. The van der Waals surface area contributed by atoms with Crippen molar-refractivity contribution in [3.63, 3.8) is 0 Å². The number of halogens is 3. The van der Waals surface area contributed by atoms with Crippen LogP contribution in [0.25, 0.3) is 0 Å². The van der Waals surface area contributed by atoms with Gasteiger partial charge in [0, 0.05) is 18.0 Å². The van der Waals surface area contributed by atoms with Gasteiger partial charge in [0.25, 0.3) is 0 Å². The molecule has 3 N–H and O–H groups in total. The SMILES string of the molecule is NC(CCC(=O)O)c1cc(F)cc(Br)c1F. The molecule has 1 rings (SSSR count). The third-order valence-electron chi connectivity index (χ3n) is 2.09. The second kappa shape index (κ2) is 5.36. The Bertz CT molecular complexity index is 412. The van der Waals surface area contributed by atoms with Crippen molar-refractivity contribution in [2.45, 2.75) is 18.9 Å². The highest BCUT2D eigenvalue weighted by molar-refractivity contribution is 9.10. The lowest BCUT2D eigenvalue weighted by atomic mass is 10.0. The van der Waals surface area contributed by atoms with Gasteiger partial charge in [0.05, 0.1) is 4.47 Å². The number of hydrogen-bond donors (Lipinski definition) is 2. The number of carbonyl (C=O) groups is 1. The molecule has 1 aromatic rings. The van der Waals surface area contributed by atoms with Gasteiger partial charge in [-0.05, 0) is 34.5 Å². The molecular formula is C10H10BrF2NO2. The molecule has 0 bridgehead atoms. The van der Waals surface area contributed by atoms with Crippen LogP contribution in [0.2, 0.25) is 0 Å². The fourth-order valence-corrected chi connectivity index (χ4v) is 1.73. The molecular weight excluding hydrogens is 284 g/mol. The minimum Gasteiger partial charge on any atom is -0.481 e. The quantitative estimate of drug-likeness (QED) is 0.839. The molecule has 1 unspecified atom stereocenters. The summed E-state index contributed by atoms with van der Waals surface area (Å²) in [4.78, 5) is 10.3. The van der Waals surface area contributed by atoms with Crippen molar-refractivity contribution in [2.75, 3.05) is 0 Å². The van der Waals surface area contributed by atoms with E-state index in [9.17, 15) is 13.6 Å². The summed E-state index contributed by atoms with van der Waals surface area (Å²) in [6, 6.07) is 1.14. The highest BCUT2D eigenvalue weighted by atomic mass is 79.9. The molecule has 0 saturated heterocycles. The molecule has 16 heavy (non-hydrogen) atoms. The van der Waals surface area contributed by atoms with E-state index in [4.69, 9.17) is 10.8 Å². The van der Waals surface area contributed by atoms with Crippen molar-refractivity contribution in [1.29, 1.82) is 0 Å². The first-order valence-corrected chi connectivity index (χ1v) is 5.33. The smallest absolute Gasteiger partial charge is 0.303 e. The Morgan fingerprint density at radius 1 is 1.50 bits per heavy atom. The second-order valence-corrected chi connectivity index (χ2v) is 4.18. The zero-order valence-electron chi connectivity index (χ0n) is 8.21. The summed E-state index contributed by atoms with van der Waals surface area (Å²) in [5, 5.41) is 8.46. The summed E-state index contributed by atoms with van der Waals surface area (Å²) in [6.07, 6.45) is -0.128. The number of carboxylic acids is 1. The molecule has 1 atom stereocenters. The molecule has 0 heterocycles. The highest BCUT2D eigenvalue weighted by Gasteiger charge is 2.16. The van der Waals surface area contributed by atoms with Crippen LogP contribution in [-0.4, -0.2) is 11.1 Å². The van der Waals surface area contributed by atoms with Crippen LogP contribution in [-0.2, 0) is 4.79 Å². The van der Waals surface area contributed by atoms with E-state index in [2.05, 4.69) is 15.9 Å². The Morgan fingerprint density at radius 2 is 2.12 bits per heavy atom. The van der Waals surface area contributed by atoms with Crippen LogP contribution in [0, 0.1) is 11.6 Å². The number of benzene rings is 1. The van der Waals surface area contributed by atoms with Gasteiger partial charge in [-0.2, -0.15) is 0 Å². The molecule has 0 aliphatic carbocycles. The zero-order valence-corrected chi connectivity index (χ0v) is 9.80. The zero-order chi connectivity index (χ0) is 12.3. The van der Waals surface area contributed by atoms with E-state index in [1.807, 2.05) is 0 Å². The van der Waals surface area contributed by atoms with Crippen LogP contribution in [0.1, 0.15) is 24.4 Å². The third kappa shape index (κ3) is 3.24. The molecule has 6 heteroatoms. The van der Waals surface area contributed by atoms with E-state index in [1.165, 1.54) is 0 Å². The minimum absolute atomic E-state index is 0.0201. The first-order chi connectivity index (χ1) is 7.41. The molecule has 0 fully saturated rings. The largest absolute Gasteiger partial charge is 0.481 e. The van der Waals surface area contributed by atoms with Gasteiger partial charge in [0.15, 0.2) is 0 Å². The van der Waals surface area contributed by atoms with Crippen LogP contribution in [0.3, 0.4) is 0 Å². The molecule has 0 spiro atoms. The lowest BCUT2D eigenvalue weighted by molar-refractivity contribution is -0.137. The third-order valence-corrected chi connectivity index (χ3v) is 2.67. The Balaban J connectivity index is 2.90. The van der Waals surface area contributed by atoms with E-state index in [0.29, 0.717) is 0 Å². The van der Waals surface area contributed by atoms with Crippen molar-refractivity contribution in [1.82, 2.24) is 0 Å². The van der Waals surface area contributed by atoms with Crippen molar-refractivity contribution in [3.05, 3.63) is 33.8 Å². The maximum atomic E-state index is 13.5. The standard InChI is InChI=1S/C10H10BrF2NO2/c11-7-4-5(12)3-6(10(7)13)8(14)1-2-9(15)16/h3-4,8H,1-2,14H2,(H,15,16). The average molecular weight is 294 g/mol. The monoisotopic (exact) mass is 293 g/mol. The van der Waals surface area contributed by atoms with Gasteiger partial charge in [-0.25, -0.2) is 8.78 Å². The maximum absolute atomic E-state index is 13.5. The summed E-state index contributed by atoms with van der Waals surface area (Å²) >= 11 is 2.86. The number of aliphatic carboxylic acids is 1. The van der Waals surface area contributed by atoms with Crippen LogP contribution in [0.5, 0.6) is 0 Å². The molecule has 0 aliphatic rings. The van der Waals surface area contributed by atoms with Gasteiger partial charge < -0.3 is 10.8 Å². The number of nitrogens with two attached hydrogens (primary N) is 1. The van der Waals surface area contributed by atoms with E-state index >= 15 is 0 Å². The minimum atomic E-state index is -1.02. The molecule has 1 aromatic carbocycles. The molecule has 0 amide bonds. The van der Waals surface area contributed by atoms with Crippen LogP contribution >= 0.6 is 15.9 Å². The Morgan fingerprint density at radius 3 is 2.69 bits per heavy atom. The van der Waals surface area contributed by atoms with Crippen LogP contribution in [0.4, 0.5) is 8.78 Å². The molecule has 0 aromatic heterocycles. The van der Waals surface area contributed by atoms with E-state index in [-0.39, 0.29) is 22.9 Å². The Kier molecular flexibility index (Phi) is 4.37. The Hall–Kier alpha value is -1.01. The van der Waals surface area contributed by atoms with Crippen molar-refractivity contribution in [3.8, 4) is 0 Å². The summed E-state index contributed by atoms with van der Waals surface area (Å²) in [6.45, 7) is 0. The lowest BCUT2D eigenvalue weighted by Gasteiger charge is -2.12. The Labute approximate surface area is 99.4 Å². The van der Waals surface area contributed by atoms with Crippen molar-refractivity contribution < 1.29 is 18.7 Å². The second-order valence-electron chi connectivity index (χ2n) is 3.33. The molecule has 0 aliphatic heterocycles. The fourth-order valence-electron chi connectivity index (χ4n) is 1.28. The molecule has 0 radical (unpaired) electrons. The molecule has 88 valence electrons. The summed E-state index contributed by atoms with van der Waals surface area (Å²) < 4.78 is 26.5. The normalized spacial score (nSPS) is 12.5. The van der Waals surface area contributed by atoms with Crippen LogP contribution < -0.4 is 5.73 Å². The maximum Gasteiger partial charge on any atom is 0.303 e. The number of carboxylic acid groups (broad SMARTS) is 1. The van der Waals surface area contributed by atoms with Gasteiger partial charge in [-0.3, -0.25) is 4.79 Å². The van der Waals surface area contributed by atoms with Gasteiger partial charge >= 0.3 is 5.97 Å².